The smallest absolute Gasteiger partial charge is 0.255 e. The number of hydrogen-bond acceptors (Lipinski definition) is 6. The molecule has 1 aliphatic carbocycles. The summed E-state index contributed by atoms with van der Waals surface area (Å²) in [5.41, 5.74) is 6.96. The van der Waals surface area contributed by atoms with Gasteiger partial charge in [0.1, 0.15) is 17.5 Å². The van der Waals surface area contributed by atoms with Crippen molar-refractivity contribution in [3.8, 4) is 0 Å². The van der Waals surface area contributed by atoms with E-state index < -0.39 is 11.7 Å². The van der Waals surface area contributed by atoms with Crippen LogP contribution < -0.4 is 21.7 Å². The van der Waals surface area contributed by atoms with Gasteiger partial charge in [-0.1, -0.05) is 12.1 Å². The molecule has 9 heteroatoms. The van der Waals surface area contributed by atoms with Gasteiger partial charge >= 0.3 is 0 Å². The zero-order valence-electron chi connectivity index (χ0n) is 15.9. The van der Waals surface area contributed by atoms with Crippen LogP contribution in [0.15, 0.2) is 54.9 Å². The molecule has 152 valence electrons. The van der Waals surface area contributed by atoms with Gasteiger partial charge in [0.25, 0.3) is 11.8 Å². The van der Waals surface area contributed by atoms with Crippen molar-refractivity contribution in [1.82, 2.24) is 15.3 Å². The van der Waals surface area contributed by atoms with Crippen molar-refractivity contribution in [3.63, 3.8) is 0 Å². The number of nitrogens with zero attached hydrogens (tertiary/aromatic N) is 2. The molecule has 0 aliphatic heterocycles. The number of hydrogen-bond donors (Lipinski definition) is 4. The Morgan fingerprint density at radius 2 is 1.70 bits per heavy atom. The van der Waals surface area contributed by atoms with Gasteiger partial charge < -0.3 is 21.7 Å². The summed E-state index contributed by atoms with van der Waals surface area (Å²) in [6, 6.07) is 11.3. The lowest BCUT2D eigenvalue weighted by Crippen LogP contribution is -2.26. The Morgan fingerprint density at radius 1 is 0.933 bits per heavy atom. The third-order valence-electron chi connectivity index (χ3n) is 4.51. The Morgan fingerprint density at radius 3 is 2.40 bits per heavy atom. The van der Waals surface area contributed by atoms with Gasteiger partial charge in [0.05, 0.1) is 28.7 Å². The van der Waals surface area contributed by atoms with Crippen LogP contribution in [0.25, 0.3) is 0 Å². The van der Waals surface area contributed by atoms with Crippen LogP contribution in [0.3, 0.4) is 0 Å². The molecule has 2 heterocycles. The highest BCUT2D eigenvalue weighted by molar-refractivity contribution is 6.03. The number of aromatic nitrogens is 2. The van der Waals surface area contributed by atoms with Crippen molar-refractivity contribution in [2.24, 2.45) is 5.73 Å². The predicted molar refractivity (Wildman–Crippen MR) is 110 cm³/mol. The van der Waals surface area contributed by atoms with Crippen LogP contribution in [0.5, 0.6) is 0 Å². The lowest BCUT2D eigenvalue weighted by Gasteiger charge is -2.15. The Hall–Kier alpha value is -4.01. The normalized spacial score (nSPS) is 12.8. The average molecular weight is 406 g/mol. The molecule has 3 aromatic rings. The molecule has 0 spiro atoms. The predicted octanol–water partition coefficient (Wildman–Crippen LogP) is 3.09. The van der Waals surface area contributed by atoms with E-state index in [9.17, 15) is 14.0 Å². The highest BCUT2D eigenvalue weighted by Crippen LogP contribution is 2.28. The fourth-order valence-electron chi connectivity index (χ4n) is 2.83. The quantitative estimate of drug-likeness (QED) is 0.478. The second-order valence-electron chi connectivity index (χ2n) is 6.88. The van der Waals surface area contributed by atoms with Gasteiger partial charge in [0.2, 0.25) is 0 Å². The van der Waals surface area contributed by atoms with Crippen LogP contribution in [0.4, 0.5) is 27.4 Å². The summed E-state index contributed by atoms with van der Waals surface area (Å²) in [4.78, 5) is 32.6. The maximum absolute atomic E-state index is 13.1. The van der Waals surface area contributed by atoms with E-state index in [1.165, 1.54) is 18.3 Å². The van der Waals surface area contributed by atoms with Crippen LogP contribution in [-0.4, -0.2) is 27.8 Å². The number of anilines is 4. The van der Waals surface area contributed by atoms with E-state index in [1.54, 1.807) is 30.3 Å². The molecule has 8 nitrogen and oxygen atoms in total. The zero-order chi connectivity index (χ0) is 21.1. The fourth-order valence-corrected chi connectivity index (χ4v) is 2.83. The third-order valence-corrected chi connectivity index (χ3v) is 4.51. The lowest BCUT2D eigenvalue weighted by atomic mass is 10.1. The molecule has 1 saturated carbocycles. The molecule has 1 aromatic carbocycles. The second kappa shape index (κ2) is 8.16. The van der Waals surface area contributed by atoms with E-state index in [-0.39, 0.29) is 17.5 Å². The van der Waals surface area contributed by atoms with Gasteiger partial charge in [0.15, 0.2) is 0 Å². The van der Waals surface area contributed by atoms with Crippen molar-refractivity contribution in [2.45, 2.75) is 18.9 Å². The van der Waals surface area contributed by atoms with E-state index in [0.29, 0.717) is 28.6 Å². The molecule has 0 unspecified atom stereocenters. The Bertz CT molecular complexity index is 1100. The number of primary amides is 1. The first kappa shape index (κ1) is 19.3. The standard InChI is InChI=1S/C21H19FN6O2/c22-12-5-8-18(24-10-12)28-19-9-17(15(11-25-19)21(30)26-13-6-7-13)27-16-4-2-1-3-14(16)20(23)29/h1-5,8-11,13H,6-7H2,(H2,23,29)(H,26,30)(H2,24,25,27,28). The van der Waals surface area contributed by atoms with Crippen LogP contribution in [0, 0.1) is 5.82 Å². The third kappa shape index (κ3) is 4.52. The van der Waals surface area contributed by atoms with E-state index >= 15 is 0 Å². The van der Waals surface area contributed by atoms with Gasteiger partial charge in [-0.15, -0.1) is 0 Å². The number of nitrogens with two attached hydrogens (primary N) is 1. The van der Waals surface area contributed by atoms with Gasteiger partial charge in [-0.05, 0) is 37.1 Å². The minimum atomic E-state index is -0.593. The summed E-state index contributed by atoms with van der Waals surface area (Å²) >= 11 is 0. The highest BCUT2D eigenvalue weighted by atomic mass is 19.1. The number of carbonyl (C=O) groups is 2. The van der Waals surface area contributed by atoms with Crippen molar-refractivity contribution in [3.05, 3.63) is 71.8 Å². The number of rotatable bonds is 7. The first-order valence-corrected chi connectivity index (χ1v) is 9.35. The largest absolute Gasteiger partial charge is 0.366 e. The molecule has 0 bridgehead atoms. The van der Waals surface area contributed by atoms with Crippen molar-refractivity contribution in [2.75, 3.05) is 10.6 Å². The summed E-state index contributed by atoms with van der Waals surface area (Å²) in [6.45, 7) is 0. The summed E-state index contributed by atoms with van der Waals surface area (Å²) < 4.78 is 13.1. The number of pyridine rings is 2. The van der Waals surface area contributed by atoms with Crippen molar-refractivity contribution >= 4 is 34.8 Å². The van der Waals surface area contributed by atoms with Gasteiger partial charge in [-0.25, -0.2) is 14.4 Å². The van der Waals surface area contributed by atoms with Crippen molar-refractivity contribution < 1.29 is 14.0 Å². The fraction of sp³-hybridized carbons (Fsp3) is 0.143. The number of carbonyl (C=O) groups excluding carboxylic acids is 2. The number of amides is 2. The van der Waals surface area contributed by atoms with Crippen molar-refractivity contribution in [1.29, 1.82) is 0 Å². The summed E-state index contributed by atoms with van der Waals surface area (Å²) in [5.74, 6) is -0.537. The van der Waals surface area contributed by atoms with Crippen LogP contribution in [0.2, 0.25) is 0 Å². The molecule has 0 saturated heterocycles. The molecule has 2 aromatic heterocycles. The second-order valence-corrected chi connectivity index (χ2v) is 6.88. The Kier molecular flexibility index (Phi) is 5.25. The average Bonchev–Trinajstić information content (AvgIpc) is 3.54. The highest BCUT2D eigenvalue weighted by Gasteiger charge is 2.25. The number of benzene rings is 1. The van der Waals surface area contributed by atoms with Gasteiger partial charge in [-0.3, -0.25) is 9.59 Å². The number of halogens is 1. The minimum absolute atomic E-state index is 0.171. The van der Waals surface area contributed by atoms with Gasteiger partial charge in [-0.2, -0.15) is 0 Å². The van der Waals surface area contributed by atoms with Crippen LogP contribution >= 0.6 is 0 Å². The molecule has 0 atom stereocenters. The number of nitrogens with one attached hydrogen (secondary N) is 3. The summed E-state index contributed by atoms with van der Waals surface area (Å²) in [5, 5.41) is 9.00. The maximum atomic E-state index is 13.1. The molecule has 0 radical (unpaired) electrons. The Balaban J connectivity index is 1.67. The monoisotopic (exact) mass is 406 g/mol. The van der Waals surface area contributed by atoms with Gasteiger partial charge in [0, 0.05) is 18.3 Å². The molecular formula is C21H19FN6O2. The first-order chi connectivity index (χ1) is 14.5. The molecule has 1 fully saturated rings. The molecule has 30 heavy (non-hydrogen) atoms. The molecular weight excluding hydrogens is 387 g/mol. The van der Waals surface area contributed by atoms with Crippen LogP contribution in [0.1, 0.15) is 33.6 Å². The zero-order valence-corrected chi connectivity index (χ0v) is 15.9. The minimum Gasteiger partial charge on any atom is -0.366 e. The van der Waals surface area contributed by atoms with E-state index in [1.807, 2.05) is 0 Å². The SMILES string of the molecule is NC(=O)c1ccccc1Nc1cc(Nc2ccc(F)cn2)ncc1C(=O)NC1CC1. The summed E-state index contributed by atoms with van der Waals surface area (Å²) in [6.07, 6.45) is 4.41. The molecule has 4 rings (SSSR count). The molecule has 5 N–H and O–H groups in total. The summed E-state index contributed by atoms with van der Waals surface area (Å²) in [7, 11) is 0. The molecule has 1 aliphatic rings. The lowest BCUT2D eigenvalue weighted by molar-refractivity contribution is 0.0950. The van der Waals surface area contributed by atoms with E-state index in [2.05, 4.69) is 25.9 Å². The van der Waals surface area contributed by atoms with Crippen LogP contribution in [-0.2, 0) is 0 Å². The first-order valence-electron chi connectivity index (χ1n) is 9.35. The maximum Gasteiger partial charge on any atom is 0.255 e. The number of para-hydroxylation sites is 1. The van der Waals surface area contributed by atoms with E-state index in [4.69, 9.17) is 5.73 Å². The Labute approximate surface area is 171 Å². The van der Waals surface area contributed by atoms with E-state index in [0.717, 1.165) is 19.0 Å². The molecule has 2 amide bonds. The topological polar surface area (TPSA) is 122 Å².